The number of carbonyl (C=O) groups excluding carboxylic acids is 1. The van der Waals surface area contributed by atoms with Gasteiger partial charge in [-0.25, -0.2) is 0 Å². The minimum absolute atomic E-state index is 0.135. The fraction of sp³-hybridized carbons (Fsp3) is 0.0625. The van der Waals surface area contributed by atoms with E-state index in [-0.39, 0.29) is 5.91 Å². The molecule has 0 bridgehead atoms. The van der Waals surface area contributed by atoms with E-state index in [1.54, 1.807) is 6.07 Å². The molecule has 3 nitrogen and oxygen atoms in total. The molecule has 1 atom stereocenters. The predicted octanol–water partition coefficient (Wildman–Crippen LogP) is 2.65. The van der Waals surface area contributed by atoms with Crippen LogP contribution in [-0.2, 0) is 0 Å². The van der Waals surface area contributed by atoms with E-state index >= 15 is 0 Å². The molecule has 0 fully saturated rings. The molecule has 92 valence electrons. The summed E-state index contributed by atoms with van der Waals surface area (Å²) in [7, 11) is 0. The Morgan fingerprint density at radius 1 is 0.947 bits per heavy atom. The van der Waals surface area contributed by atoms with Gasteiger partial charge >= 0.3 is 0 Å². The highest BCUT2D eigenvalue weighted by molar-refractivity contribution is 6.12. The van der Waals surface area contributed by atoms with Gasteiger partial charge in [0.1, 0.15) is 0 Å². The first-order chi connectivity index (χ1) is 9.27. The van der Waals surface area contributed by atoms with Gasteiger partial charge in [-0.3, -0.25) is 9.69 Å². The molecule has 0 aliphatic carbocycles. The van der Waals surface area contributed by atoms with E-state index in [2.05, 4.69) is 0 Å². The van der Waals surface area contributed by atoms with Crippen LogP contribution in [0.3, 0.4) is 0 Å². The maximum absolute atomic E-state index is 12.4. The van der Waals surface area contributed by atoms with E-state index in [0.717, 1.165) is 22.4 Å². The van der Waals surface area contributed by atoms with Crippen molar-refractivity contribution < 1.29 is 9.90 Å². The molecule has 2 aromatic rings. The number of hydrogen-bond acceptors (Lipinski definition) is 2. The quantitative estimate of drug-likeness (QED) is 0.779. The Bertz CT molecular complexity index is 733. The highest BCUT2D eigenvalue weighted by Gasteiger charge is 2.39. The van der Waals surface area contributed by atoms with E-state index in [9.17, 15) is 9.90 Å². The minimum Gasteiger partial charge on any atom is -0.369 e. The van der Waals surface area contributed by atoms with Crippen molar-refractivity contribution in [1.82, 2.24) is 4.90 Å². The average Bonchev–Trinajstić information content (AvgIpc) is 2.74. The van der Waals surface area contributed by atoms with E-state index in [0.29, 0.717) is 5.56 Å². The summed E-state index contributed by atoms with van der Waals surface area (Å²) in [5, 5.41) is 10.4. The van der Waals surface area contributed by atoms with E-state index in [1.807, 2.05) is 48.5 Å². The van der Waals surface area contributed by atoms with Crippen molar-refractivity contribution in [2.45, 2.75) is 6.23 Å². The van der Waals surface area contributed by atoms with Crippen molar-refractivity contribution in [3.05, 3.63) is 70.8 Å². The molecule has 0 aromatic heterocycles. The number of rotatable bonds is 0. The molecule has 0 unspecified atom stereocenters. The van der Waals surface area contributed by atoms with E-state index in [1.165, 1.54) is 4.90 Å². The van der Waals surface area contributed by atoms with Gasteiger partial charge in [0.15, 0.2) is 6.23 Å². The van der Waals surface area contributed by atoms with Crippen LogP contribution in [0.5, 0.6) is 0 Å². The van der Waals surface area contributed by atoms with Gasteiger partial charge in [-0.05, 0) is 17.7 Å². The number of nitrogens with zero attached hydrogens (tertiary/aromatic N) is 1. The summed E-state index contributed by atoms with van der Waals surface area (Å²) in [6.45, 7) is 0. The number of benzene rings is 2. The molecule has 0 saturated carbocycles. The highest BCUT2D eigenvalue weighted by Crippen LogP contribution is 2.43. The smallest absolute Gasteiger partial charge is 0.261 e. The van der Waals surface area contributed by atoms with Gasteiger partial charge in [0.2, 0.25) is 0 Å². The molecule has 19 heavy (non-hydrogen) atoms. The second-order valence-electron chi connectivity index (χ2n) is 4.75. The molecule has 0 saturated heterocycles. The zero-order chi connectivity index (χ0) is 13.0. The van der Waals surface area contributed by atoms with Crippen molar-refractivity contribution in [2.24, 2.45) is 0 Å². The Morgan fingerprint density at radius 3 is 2.47 bits per heavy atom. The lowest BCUT2D eigenvalue weighted by molar-refractivity contribution is 0.0353. The first kappa shape index (κ1) is 10.5. The fourth-order valence-electron chi connectivity index (χ4n) is 2.82. The van der Waals surface area contributed by atoms with Crippen LogP contribution < -0.4 is 0 Å². The van der Waals surface area contributed by atoms with Gasteiger partial charge in [-0.15, -0.1) is 0 Å². The lowest BCUT2D eigenvalue weighted by Crippen LogP contribution is -2.30. The SMILES string of the molecule is O=C1c2ccccc2C2=Cc3ccccc3[C@@H](O)N12. The van der Waals surface area contributed by atoms with Gasteiger partial charge < -0.3 is 5.11 Å². The van der Waals surface area contributed by atoms with Crippen LogP contribution in [0.25, 0.3) is 11.8 Å². The Kier molecular flexibility index (Phi) is 1.97. The molecule has 4 rings (SSSR count). The number of hydrogen-bond donors (Lipinski definition) is 1. The van der Waals surface area contributed by atoms with Crippen molar-refractivity contribution in [1.29, 1.82) is 0 Å². The second kappa shape index (κ2) is 3.56. The highest BCUT2D eigenvalue weighted by atomic mass is 16.3. The number of carbonyl (C=O) groups is 1. The maximum atomic E-state index is 12.4. The van der Waals surface area contributed by atoms with Gasteiger partial charge in [0, 0.05) is 16.7 Å². The first-order valence-corrected chi connectivity index (χ1v) is 6.19. The Morgan fingerprint density at radius 2 is 1.63 bits per heavy atom. The van der Waals surface area contributed by atoms with Crippen LogP contribution in [0.1, 0.15) is 33.3 Å². The zero-order valence-electron chi connectivity index (χ0n) is 10.1. The minimum atomic E-state index is -0.906. The van der Waals surface area contributed by atoms with Crippen LogP contribution >= 0.6 is 0 Å². The maximum Gasteiger partial charge on any atom is 0.261 e. The number of aliphatic hydroxyl groups excluding tert-OH is 1. The molecule has 1 N–H and O–H groups in total. The van der Waals surface area contributed by atoms with Crippen LogP contribution in [-0.4, -0.2) is 15.9 Å². The standard InChI is InChI=1S/C16H11NO2/c18-15-11-6-2-1-5-10(11)9-14-12-7-3-4-8-13(12)16(19)17(14)15/h1-9,15,18H/t15-/m1/s1. The monoisotopic (exact) mass is 249 g/mol. The molecule has 2 aliphatic rings. The summed E-state index contributed by atoms with van der Waals surface area (Å²) in [6.07, 6.45) is 1.06. The van der Waals surface area contributed by atoms with Crippen molar-refractivity contribution in [3.63, 3.8) is 0 Å². The lowest BCUT2D eigenvalue weighted by Gasteiger charge is -2.30. The summed E-state index contributed by atoms with van der Waals surface area (Å²) in [6, 6.07) is 15.1. The largest absolute Gasteiger partial charge is 0.369 e. The Hall–Kier alpha value is -2.39. The molecule has 0 spiro atoms. The third-order valence-electron chi connectivity index (χ3n) is 3.72. The molecular formula is C16H11NO2. The summed E-state index contributed by atoms with van der Waals surface area (Å²) < 4.78 is 0. The van der Waals surface area contributed by atoms with E-state index < -0.39 is 6.23 Å². The molecule has 2 aliphatic heterocycles. The lowest BCUT2D eigenvalue weighted by atomic mass is 9.99. The first-order valence-electron chi connectivity index (χ1n) is 6.19. The van der Waals surface area contributed by atoms with Crippen LogP contribution in [0.15, 0.2) is 48.5 Å². The van der Waals surface area contributed by atoms with Gasteiger partial charge in [-0.2, -0.15) is 0 Å². The zero-order valence-corrected chi connectivity index (χ0v) is 10.1. The van der Waals surface area contributed by atoms with Crippen LogP contribution in [0.4, 0.5) is 0 Å². The van der Waals surface area contributed by atoms with Gasteiger partial charge in [0.05, 0.1) is 5.70 Å². The molecular weight excluding hydrogens is 238 g/mol. The molecule has 2 heterocycles. The van der Waals surface area contributed by atoms with E-state index in [4.69, 9.17) is 0 Å². The fourth-order valence-corrected chi connectivity index (χ4v) is 2.82. The van der Waals surface area contributed by atoms with Crippen LogP contribution in [0, 0.1) is 0 Å². The molecule has 2 aromatic carbocycles. The van der Waals surface area contributed by atoms with Crippen molar-refractivity contribution in [2.75, 3.05) is 0 Å². The number of aliphatic hydroxyl groups is 1. The molecule has 3 heteroatoms. The summed E-state index contributed by atoms with van der Waals surface area (Å²) in [4.78, 5) is 13.8. The molecule has 0 radical (unpaired) electrons. The normalized spacial score (nSPS) is 19.6. The summed E-state index contributed by atoms with van der Waals surface area (Å²) in [5.74, 6) is -0.135. The van der Waals surface area contributed by atoms with Crippen LogP contribution in [0.2, 0.25) is 0 Å². The van der Waals surface area contributed by atoms with Gasteiger partial charge in [0.25, 0.3) is 5.91 Å². The van der Waals surface area contributed by atoms with Gasteiger partial charge in [-0.1, -0.05) is 42.5 Å². The van der Waals surface area contributed by atoms with Crippen molar-refractivity contribution in [3.8, 4) is 0 Å². The second-order valence-corrected chi connectivity index (χ2v) is 4.75. The Labute approximate surface area is 110 Å². The summed E-state index contributed by atoms with van der Waals surface area (Å²) in [5.41, 5.74) is 4.06. The average molecular weight is 249 g/mol. The molecule has 1 amide bonds. The third kappa shape index (κ3) is 1.28. The van der Waals surface area contributed by atoms with Crippen molar-refractivity contribution >= 4 is 17.7 Å². The summed E-state index contributed by atoms with van der Waals surface area (Å²) >= 11 is 0. The third-order valence-corrected chi connectivity index (χ3v) is 3.72. The number of amides is 1. The number of fused-ring (bicyclic) bond motifs is 4. The Balaban J connectivity index is 2.01. The predicted molar refractivity (Wildman–Crippen MR) is 71.9 cm³/mol. The topological polar surface area (TPSA) is 40.5 Å².